The summed E-state index contributed by atoms with van der Waals surface area (Å²) >= 11 is 6.92. The summed E-state index contributed by atoms with van der Waals surface area (Å²) in [6.45, 7) is 6.24. The van der Waals surface area contributed by atoms with E-state index in [2.05, 4.69) is 16.6 Å². The van der Waals surface area contributed by atoms with E-state index in [1.807, 2.05) is 30.3 Å². The topological polar surface area (TPSA) is 104 Å². The number of carbonyl (C=O) groups is 2. The molecule has 3 unspecified atom stereocenters. The van der Waals surface area contributed by atoms with Gasteiger partial charge in [0, 0.05) is 24.9 Å². The second kappa shape index (κ2) is 13.6. The normalized spacial score (nSPS) is 15.5. The van der Waals surface area contributed by atoms with Crippen LogP contribution in [0.4, 0.5) is 0 Å². The molecule has 8 heteroatoms. The van der Waals surface area contributed by atoms with Crippen LogP contribution in [0.3, 0.4) is 0 Å². The molecule has 0 heterocycles. The maximum Gasteiger partial charge on any atom is 0.236 e. The predicted octanol–water partition coefficient (Wildman–Crippen LogP) is 2.63. The molecule has 0 saturated heterocycles. The average Bonchev–Trinajstić information content (AvgIpc) is 2.76. The number of rotatable bonds is 13. The molecule has 0 bridgehead atoms. The first kappa shape index (κ1) is 28.1. The molecule has 0 spiro atoms. The number of nitrogens with one attached hydrogen (secondary N) is 2. The number of thioether (sulfide) groups is 1. The Hall–Kier alpha value is -1.92. The zero-order valence-electron chi connectivity index (χ0n) is 19.1. The molecule has 0 saturated carbocycles. The van der Waals surface area contributed by atoms with Crippen LogP contribution in [0.5, 0.6) is 0 Å². The van der Waals surface area contributed by atoms with Crippen molar-refractivity contribution in [2.75, 3.05) is 19.6 Å². The number of aliphatic hydroxyl groups excluding tert-OH is 1. The van der Waals surface area contributed by atoms with Gasteiger partial charge < -0.3 is 21.5 Å². The van der Waals surface area contributed by atoms with Crippen LogP contribution in [0.1, 0.15) is 52.0 Å². The Kier molecular flexibility index (Phi) is 11.9. The number of hydrogen-bond donors (Lipinski definition) is 4. The quantitative estimate of drug-likeness (QED) is 0.198. The van der Waals surface area contributed by atoms with E-state index in [1.165, 1.54) is 11.8 Å². The molecule has 2 amide bonds. The summed E-state index contributed by atoms with van der Waals surface area (Å²) in [5.74, 6) is 2.14. The first-order valence-corrected chi connectivity index (χ1v) is 12.0. The van der Waals surface area contributed by atoms with E-state index in [0.29, 0.717) is 36.5 Å². The number of terminal acetylenes is 1. The zero-order valence-corrected chi connectivity index (χ0v) is 20.8. The second-order valence-corrected chi connectivity index (χ2v) is 10.6. The Morgan fingerprint density at radius 1 is 1.25 bits per heavy atom. The summed E-state index contributed by atoms with van der Waals surface area (Å²) in [7, 11) is 0. The van der Waals surface area contributed by atoms with Crippen molar-refractivity contribution in [2.45, 2.75) is 57.3 Å². The Morgan fingerprint density at radius 3 is 2.47 bits per heavy atom. The van der Waals surface area contributed by atoms with Crippen LogP contribution in [0.25, 0.3) is 0 Å². The highest BCUT2D eigenvalue weighted by molar-refractivity contribution is 8.25. The number of benzene rings is 1. The minimum Gasteiger partial charge on any atom is -0.392 e. The van der Waals surface area contributed by atoms with Gasteiger partial charge in [-0.1, -0.05) is 61.2 Å². The molecule has 6 nitrogen and oxygen atoms in total. The summed E-state index contributed by atoms with van der Waals surface area (Å²) in [6.07, 6.45) is 6.46. The lowest BCUT2D eigenvalue weighted by Crippen LogP contribution is -2.50. The molecule has 32 heavy (non-hydrogen) atoms. The number of carbonyl (C=O) groups excluding carboxylic acids is 2. The summed E-state index contributed by atoms with van der Waals surface area (Å²) in [4.78, 5) is 26.4. The number of nitrogens with two attached hydrogens (primary N) is 1. The molecule has 0 radical (unpaired) electrons. The van der Waals surface area contributed by atoms with E-state index in [9.17, 15) is 14.7 Å². The van der Waals surface area contributed by atoms with Gasteiger partial charge in [0.2, 0.25) is 11.8 Å². The minimum absolute atomic E-state index is 0.124. The smallest absolute Gasteiger partial charge is 0.236 e. The summed E-state index contributed by atoms with van der Waals surface area (Å²) in [5.41, 5.74) is 5.48. The fourth-order valence-corrected chi connectivity index (χ4v) is 5.23. The van der Waals surface area contributed by atoms with Crippen LogP contribution in [0.2, 0.25) is 0 Å². The van der Waals surface area contributed by atoms with E-state index in [0.717, 1.165) is 5.56 Å². The standard InChI is InChI=1S/C24H35N3O3S2/c1-5-6-13-23(3,21(29)27-16-18(2)28)17-24(4,22(30)26-15-10-14-25)32-20(31)19-11-8-7-9-12-19/h1,7-9,11-12,18,28H,6,10,13-17,25H2,2-4H3,(H,26,30)(H,27,29). The van der Waals surface area contributed by atoms with Crippen LogP contribution < -0.4 is 16.4 Å². The van der Waals surface area contributed by atoms with Crippen molar-refractivity contribution in [2.24, 2.45) is 11.1 Å². The van der Waals surface area contributed by atoms with Crippen molar-refractivity contribution in [3.63, 3.8) is 0 Å². The predicted molar refractivity (Wildman–Crippen MR) is 136 cm³/mol. The molecular weight excluding hydrogens is 442 g/mol. The monoisotopic (exact) mass is 477 g/mol. The first-order chi connectivity index (χ1) is 15.1. The minimum atomic E-state index is -1.02. The molecule has 1 rings (SSSR count). The van der Waals surface area contributed by atoms with Crippen LogP contribution in [-0.4, -0.2) is 51.6 Å². The number of aliphatic hydroxyl groups is 1. The molecule has 0 aromatic heterocycles. The van der Waals surface area contributed by atoms with Gasteiger partial charge in [-0.15, -0.1) is 12.3 Å². The van der Waals surface area contributed by atoms with Gasteiger partial charge in [0.25, 0.3) is 0 Å². The maximum atomic E-state index is 13.3. The molecule has 0 aliphatic heterocycles. The SMILES string of the molecule is C#CCCC(C)(CC(C)(SC(=S)c1ccccc1)C(=O)NCCCN)C(=O)NCC(C)O. The molecule has 5 N–H and O–H groups in total. The van der Waals surface area contributed by atoms with E-state index in [1.54, 1.807) is 20.8 Å². The van der Waals surface area contributed by atoms with Gasteiger partial charge in [-0.3, -0.25) is 9.59 Å². The van der Waals surface area contributed by atoms with Crippen LogP contribution in [-0.2, 0) is 9.59 Å². The highest BCUT2D eigenvalue weighted by atomic mass is 32.2. The summed E-state index contributed by atoms with van der Waals surface area (Å²) < 4.78 is -0.446. The van der Waals surface area contributed by atoms with Gasteiger partial charge in [0.05, 0.1) is 15.0 Å². The van der Waals surface area contributed by atoms with Gasteiger partial charge in [-0.2, -0.15) is 0 Å². The van der Waals surface area contributed by atoms with Crippen molar-refractivity contribution in [3.8, 4) is 12.3 Å². The van der Waals surface area contributed by atoms with E-state index >= 15 is 0 Å². The summed E-state index contributed by atoms with van der Waals surface area (Å²) in [5, 5.41) is 15.3. The van der Waals surface area contributed by atoms with Crippen molar-refractivity contribution in [1.29, 1.82) is 0 Å². The fraction of sp³-hybridized carbons (Fsp3) is 0.542. The lowest BCUT2D eigenvalue weighted by Gasteiger charge is -2.37. The molecular formula is C24H35N3O3S2. The van der Waals surface area contributed by atoms with E-state index in [-0.39, 0.29) is 24.8 Å². The molecule has 0 aliphatic carbocycles. The van der Waals surface area contributed by atoms with E-state index in [4.69, 9.17) is 24.4 Å². The molecule has 1 aromatic carbocycles. The highest BCUT2D eigenvalue weighted by Gasteiger charge is 2.45. The fourth-order valence-electron chi connectivity index (χ4n) is 3.32. The third-order valence-electron chi connectivity index (χ3n) is 5.13. The van der Waals surface area contributed by atoms with Crippen molar-refractivity contribution < 1.29 is 14.7 Å². The Morgan fingerprint density at radius 2 is 1.91 bits per heavy atom. The Labute approximate surface area is 201 Å². The van der Waals surface area contributed by atoms with Crippen LogP contribution >= 0.6 is 24.0 Å². The van der Waals surface area contributed by atoms with Gasteiger partial charge in [-0.25, -0.2) is 0 Å². The van der Waals surface area contributed by atoms with E-state index < -0.39 is 16.3 Å². The van der Waals surface area contributed by atoms with Crippen molar-refractivity contribution in [1.82, 2.24) is 10.6 Å². The van der Waals surface area contributed by atoms with Crippen molar-refractivity contribution in [3.05, 3.63) is 35.9 Å². The molecule has 0 aliphatic rings. The molecule has 0 fully saturated rings. The third kappa shape index (κ3) is 8.91. The first-order valence-electron chi connectivity index (χ1n) is 10.7. The van der Waals surface area contributed by atoms with Crippen LogP contribution in [0.15, 0.2) is 30.3 Å². The van der Waals surface area contributed by atoms with Gasteiger partial charge in [0.1, 0.15) is 0 Å². The van der Waals surface area contributed by atoms with Gasteiger partial charge in [0.15, 0.2) is 0 Å². The molecule has 3 atom stereocenters. The largest absolute Gasteiger partial charge is 0.392 e. The second-order valence-electron chi connectivity index (χ2n) is 8.39. The summed E-state index contributed by atoms with van der Waals surface area (Å²) in [6, 6.07) is 9.48. The molecule has 176 valence electrons. The highest BCUT2D eigenvalue weighted by Crippen LogP contribution is 2.42. The zero-order chi connectivity index (χ0) is 24.2. The van der Waals surface area contributed by atoms with Gasteiger partial charge >= 0.3 is 0 Å². The Bertz CT molecular complexity index is 810. The van der Waals surface area contributed by atoms with Crippen LogP contribution in [0, 0.1) is 17.8 Å². The van der Waals surface area contributed by atoms with Crippen molar-refractivity contribution >= 4 is 40.0 Å². The lowest BCUT2D eigenvalue weighted by molar-refractivity contribution is -0.133. The number of amides is 2. The molecule has 1 aromatic rings. The third-order valence-corrected chi connectivity index (χ3v) is 6.82. The van der Waals surface area contributed by atoms with Gasteiger partial charge in [-0.05, 0) is 45.2 Å². The average molecular weight is 478 g/mol. The maximum absolute atomic E-state index is 13.3. The number of hydrogen-bond acceptors (Lipinski definition) is 6. The Balaban J connectivity index is 3.23. The lowest BCUT2D eigenvalue weighted by atomic mass is 9.76. The number of thiocarbonyl (C=S) groups is 1.